The molecule has 0 saturated heterocycles. The summed E-state index contributed by atoms with van der Waals surface area (Å²) in [5.74, 6) is -0.325. The molecule has 0 aromatic heterocycles. The van der Waals surface area contributed by atoms with E-state index < -0.39 is 0 Å². The number of carbonyl (C=O) groups is 1. The molecule has 0 aliphatic carbocycles. The zero-order valence-corrected chi connectivity index (χ0v) is 10.8. The summed E-state index contributed by atoms with van der Waals surface area (Å²) in [5, 5.41) is 0. The summed E-state index contributed by atoms with van der Waals surface area (Å²) >= 11 is 0. The fourth-order valence-electron chi connectivity index (χ4n) is 1.39. The van der Waals surface area contributed by atoms with Crippen molar-refractivity contribution in [3.05, 3.63) is 53.6 Å². The molecule has 0 radical (unpaired) electrons. The Bertz CT molecular complexity index is 419. The van der Waals surface area contributed by atoms with E-state index in [2.05, 4.69) is 0 Å². The van der Waals surface area contributed by atoms with Crippen molar-refractivity contribution in [1.29, 1.82) is 0 Å². The Labute approximate surface area is 108 Å². The van der Waals surface area contributed by atoms with Crippen LogP contribution in [0, 0.1) is 0 Å². The van der Waals surface area contributed by atoms with Crippen LogP contribution in [0.5, 0.6) is 0 Å². The number of ether oxygens (including phenoxy) is 2. The number of rotatable bonds is 6. The second-order valence-electron chi connectivity index (χ2n) is 3.59. The monoisotopic (exact) mass is 246 g/mol. The fraction of sp³-hybridized carbons (Fsp3) is 0.267. The largest absolute Gasteiger partial charge is 0.462 e. The van der Waals surface area contributed by atoms with Crippen LogP contribution in [0.3, 0.4) is 0 Å². The third kappa shape index (κ3) is 4.97. The highest BCUT2D eigenvalue weighted by atomic mass is 16.5. The molecule has 0 atom stereocenters. The molecule has 3 nitrogen and oxygen atoms in total. The number of carbonyl (C=O) groups excluding carboxylic acids is 1. The molecule has 0 spiro atoms. The van der Waals surface area contributed by atoms with E-state index in [1.165, 1.54) is 0 Å². The van der Waals surface area contributed by atoms with E-state index in [9.17, 15) is 4.79 Å². The van der Waals surface area contributed by atoms with Crippen LogP contribution in [0.2, 0.25) is 0 Å². The smallest absolute Gasteiger partial charge is 0.338 e. The number of methoxy groups -OCH3 is 1. The van der Waals surface area contributed by atoms with Gasteiger partial charge in [0.25, 0.3) is 0 Å². The van der Waals surface area contributed by atoms with Gasteiger partial charge in [-0.15, -0.1) is 0 Å². The van der Waals surface area contributed by atoms with Gasteiger partial charge in [-0.05, 0) is 24.6 Å². The minimum absolute atomic E-state index is 0.325. The van der Waals surface area contributed by atoms with Crippen LogP contribution in [-0.4, -0.2) is 26.3 Å². The standard InChI is InChI=1S/C15H18O3/c1-3-18-15(16)14(10-7-11-17-2)12-13-8-5-4-6-9-13/h4-10,12H,3,11H2,1-2H3/b10-7+,14-12-. The summed E-state index contributed by atoms with van der Waals surface area (Å²) in [4.78, 5) is 11.8. The number of benzene rings is 1. The molecule has 3 heteroatoms. The number of hydrogen-bond donors (Lipinski definition) is 0. The van der Waals surface area contributed by atoms with Crippen molar-refractivity contribution in [1.82, 2.24) is 0 Å². The third-order valence-electron chi connectivity index (χ3n) is 2.19. The number of hydrogen-bond acceptors (Lipinski definition) is 3. The van der Waals surface area contributed by atoms with Crippen LogP contribution >= 0.6 is 0 Å². The van der Waals surface area contributed by atoms with Gasteiger partial charge in [0, 0.05) is 7.11 Å². The van der Waals surface area contributed by atoms with Gasteiger partial charge in [-0.3, -0.25) is 0 Å². The maximum absolute atomic E-state index is 11.8. The summed E-state index contributed by atoms with van der Waals surface area (Å²) in [6.45, 7) is 2.62. The summed E-state index contributed by atoms with van der Waals surface area (Å²) < 4.78 is 9.92. The van der Waals surface area contributed by atoms with Crippen LogP contribution < -0.4 is 0 Å². The van der Waals surface area contributed by atoms with Crippen LogP contribution in [0.15, 0.2) is 48.1 Å². The normalized spacial score (nSPS) is 11.8. The van der Waals surface area contributed by atoms with E-state index in [0.29, 0.717) is 18.8 Å². The highest BCUT2D eigenvalue weighted by Gasteiger charge is 2.06. The maximum atomic E-state index is 11.8. The second-order valence-corrected chi connectivity index (χ2v) is 3.59. The van der Waals surface area contributed by atoms with Crippen molar-refractivity contribution in [3.8, 4) is 0 Å². The predicted molar refractivity (Wildman–Crippen MR) is 72.1 cm³/mol. The molecule has 1 aromatic carbocycles. The Balaban J connectivity index is 2.89. The van der Waals surface area contributed by atoms with Gasteiger partial charge in [0.15, 0.2) is 0 Å². The van der Waals surface area contributed by atoms with Crippen molar-refractivity contribution in [3.63, 3.8) is 0 Å². The first-order valence-corrected chi connectivity index (χ1v) is 5.87. The van der Waals surface area contributed by atoms with Crippen molar-refractivity contribution in [2.75, 3.05) is 20.3 Å². The zero-order chi connectivity index (χ0) is 13.2. The second kappa shape index (κ2) is 8.25. The van der Waals surface area contributed by atoms with Crippen molar-refractivity contribution in [2.45, 2.75) is 6.92 Å². The molecule has 1 rings (SSSR count). The van der Waals surface area contributed by atoms with Crippen LogP contribution in [0.25, 0.3) is 6.08 Å². The van der Waals surface area contributed by atoms with E-state index in [0.717, 1.165) is 5.56 Å². The van der Waals surface area contributed by atoms with Crippen LogP contribution in [0.4, 0.5) is 0 Å². The van der Waals surface area contributed by atoms with E-state index >= 15 is 0 Å². The molecule has 0 bridgehead atoms. The molecule has 0 amide bonds. The number of esters is 1. The topological polar surface area (TPSA) is 35.5 Å². The highest BCUT2D eigenvalue weighted by molar-refractivity contribution is 5.96. The Morgan fingerprint density at radius 2 is 2.00 bits per heavy atom. The summed E-state index contributed by atoms with van der Waals surface area (Å²) in [6, 6.07) is 9.65. The average Bonchev–Trinajstić information content (AvgIpc) is 2.39. The first-order chi connectivity index (χ1) is 8.77. The van der Waals surface area contributed by atoms with Gasteiger partial charge in [-0.25, -0.2) is 4.79 Å². The highest BCUT2D eigenvalue weighted by Crippen LogP contribution is 2.09. The van der Waals surface area contributed by atoms with Gasteiger partial charge in [-0.1, -0.05) is 36.4 Å². The SMILES string of the molecule is CCOC(=O)C(=C\c1ccccc1)/C=C/COC. The summed E-state index contributed by atoms with van der Waals surface area (Å²) in [6.07, 6.45) is 5.30. The van der Waals surface area contributed by atoms with E-state index in [1.807, 2.05) is 30.3 Å². The third-order valence-corrected chi connectivity index (χ3v) is 2.19. The van der Waals surface area contributed by atoms with Gasteiger partial charge in [0.2, 0.25) is 0 Å². The minimum atomic E-state index is -0.325. The molecule has 1 aromatic rings. The molecule has 0 fully saturated rings. The zero-order valence-electron chi connectivity index (χ0n) is 10.8. The minimum Gasteiger partial charge on any atom is -0.462 e. The van der Waals surface area contributed by atoms with Gasteiger partial charge in [0.05, 0.1) is 18.8 Å². The van der Waals surface area contributed by atoms with Crippen molar-refractivity contribution < 1.29 is 14.3 Å². The molecule has 96 valence electrons. The summed E-state index contributed by atoms with van der Waals surface area (Å²) in [7, 11) is 1.61. The van der Waals surface area contributed by atoms with E-state index in [-0.39, 0.29) is 5.97 Å². The summed E-state index contributed by atoms with van der Waals surface area (Å²) in [5.41, 5.74) is 1.47. The molecule has 0 aliphatic heterocycles. The van der Waals surface area contributed by atoms with Crippen molar-refractivity contribution >= 4 is 12.0 Å². The van der Waals surface area contributed by atoms with E-state index in [4.69, 9.17) is 9.47 Å². The van der Waals surface area contributed by atoms with Crippen molar-refractivity contribution in [2.24, 2.45) is 0 Å². The molecule has 18 heavy (non-hydrogen) atoms. The van der Waals surface area contributed by atoms with Gasteiger partial charge >= 0.3 is 5.97 Å². The van der Waals surface area contributed by atoms with Crippen LogP contribution in [-0.2, 0) is 14.3 Å². The Morgan fingerprint density at radius 1 is 1.28 bits per heavy atom. The maximum Gasteiger partial charge on any atom is 0.338 e. The lowest BCUT2D eigenvalue weighted by Gasteiger charge is -2.03. The Morgan fingerprint density at radius 3 is 2.61 bits per heavy atom. The predicted octanol–water partition coefficient (Wildman–Crippen LogP) is 2.84. The van der Waals surface area contributed by atoms with Crippen LogP contribution in [0.1, 0.15) is 12.5 Å². The molecule has 0 saturated carbocycles. The molecule has 0 N–H and O–H groups in total. The van der Waals surface area contributed by atoms with E-state index in [1.54, 1.807) is 32.3 Å². The fourth-order valence-corrected chi connectivity index (χ4v) is 1.39. The molecule has 0 heterocycles. The molecule has 0 aliphatic rings. The van der Waals surface area contributed by atoms with Gasteiger partial charge < -0.3 is 9.47 Å². The Hall–Kier alpha value is -1.87. The lowest BCUT2D eigenvalue weighted by atomic mass is 10.1. The first-order valence-electron chi connectivity index (χ1n) is 5.87. The molecular formula is C15H18O3. The lowest BCUT2D eigenvalue weighted by molar-refractivity contribution is -0.138. The molecule has 0 unspecified atom stereocenters. The Kier molecular flexibility index (Phi) is 6.51. The van der Waals surface area contributed by atoms with Gasteiger partial charge in [0.1, 0.15) is 0 Å². The lowest BCUT2D eigenvalue weighted by Crippen LogP contribution is -2.06. The quantitative estimate of drug-likeness (QED) is 0.440. The average molecular weight is 246 g/mol. The van der Waals surface area contributed by atoms with Gasteiger partial charge in [-0.2, -0.15) is 0 Å². The first kappa shape index (κ1) is 14.2. The molecular weight excluding hydrogens is 228 g/mol.